The number of benzene rings is 3. The standard InChI is InChI=1S/C23H19N3O2S/c1-14-12-19-20(13-15(14)2)28-22(25-19)17-8-10-18(11-9-17)24-23(29)26-21(27)16-6-4-3-5-7-16/h3-13H,1-2H3,(H2,24,26,27,29). The molecule has 0 saturated carbocycles. The van der Waals surface area contributed by atoms with E-state index in [9.17, 15) is 4.79 Å². The van der Waals surface area contributed by atoms with Gasteiger partial charge in [-0.15, -0.1) is 0 Å². The number of hydrogen-bond acceptors (Lipinski definition) is 4. The predicted octanol–water partition coefficient (Wildman–Crippen LogP) is 5.24. The first-order valence-electron chi connectivity index (χ1n) is 9.15. The number of anilines is 1. The average Bonchev–Trinajstić information content (AvgIpc) is 3.12. The molecule has 1 aromatic heterocycles. The molecule has 2 N–H and O–H groups in total. The molecule has 0 aliphatic rings. The summed E-state index contributed by atoms with van der Waals surface area (Å²) >= 11 is 5.23. The van der Waals surface area contributed by atoms with Gasteiger partial charge in [0.05, 0.1) is 0 Å². The second-order valence-corrected chi connectivity index (χ2v) is 7.18. The highest BCUT2D eigenvalue weighted by Crippen LogP contribution is 2.27. The van der Waals surface area contributed by atoms with Crippen molar-refractivity contribution in [3.8, 4) is 11.5 Å². The van der Waals surface area contributed by atoms with E-state index >= 15 is 0 Å². The van der Waals surface area contributed by atoms with E-state index in [1.165, 1.54) is 11.1 Å². The maximum absolute atomic E-state index is 12.2. The van der Waals surface area contributed by atoms with E-state index in [4.69, 9.17) is 16.6 Å². The molecule has 0 radical (unpaired) electrons. The summed E-state index contributed by atoms with van der Waals surface area (Å²) in [6.07, 6.45) is 0. The van der Waals surface area contributed by atoms with E-state index in [0.29, 0.717) is 11.5 Å². The summed E-state index contributed by atoms with van der Waals surface area (Å²) in [5.74, 6) is 0.313. The summed E-state index contributed by atoms with van der Waals surface area (Å²) in [5.41, 5.74) is 6.14. The fourth-order valence-corrected chi connectivity index (χ4v) is 3.14. The van der Waals surface area contributed by atoms with E-state index in [2.05, 4.69) is 29.5 Å². The Morgan fingerprint density at radius 3 is 2.38 bits per heavy atom. The third-order valence-electron chi connectivity index (χ3n) is 4.66. The molecule has 0 bridgehead atoms. The van der Waals surface area contributed by atoms with Gasteiger partial charge in [0.15, 0.2) is 10.7 Å². The number of fused-ring (bicyclic) bond motifs is 1. The van der Waals surface area contributed by atoms with Crippen LogP contribution in [0.15, 0.2) is 71.1 Å². The number of hydrogen-bond donors (Lipinski definition) is 2. The average molecular weight is 401 g/mol. The zero-order valence-corrected chi connectivity index (χ0v) is 16.8. The molecular formula is C23H19N3O2S. The Morgan fingerprint density at radius 1 is 0.966 bits per heavy atom. The zero-order valence-electron chi connectivity index (χ0n) is 16.0. The van der Waals surface area contributed by atoms with Crippen molar-refractivity contribution in [2.75, 3.05) is 5.32 Å². The molecular weight excluding hydrogens is 382 g/mol. The van der Waals surface area contributed by atoms with Gasteiger partial charge in [0.25, 0.3) is 5.91 Å². The molecule has 29 heavy (non-hydrogen) atoms. The quantitative estimate of drug-likeness (QED) is 0.460. The molecule has 4 rings (SSSR count). The highest BCUT2D eigenvalue weighted by atomic mass is 32.1. The molecule has 1 amide bonds. The number of aromatic nitrogens is 1. The normalized spacial score (nSPS) is 10.7. The molecule has 0 spiro atoms. The fourth-order valence-electron chi connectivity index (χ4n) is 2.93. The molecule has 0 aliphatic carbocycles. The van der Waals surface area contributed by atoms with Crippen LogP contribution < -0.4 is 10.6 Å². The van der Waals surface area contributed by atoms with Crippen LogP contribution in [-0.4, -0.2) is 16.0 Å². The summed E-state index contributed by atoms with van der Waals surface area (Å²) in [6.45, 7) is 4.11. The largest absolute Gasteiger partial charge is 0.436 e. The van der Waals surface area contributed by atoms with Crippen LogP contribution in [0.2, 0.25) is 0 Å². The van der Waals surface area contributed by atoms with Crippen molar-refractivity contribution >= 4 is 40.0 Å². The van der Waals surface area contributed by atoms with Gasteiger partial charge in [0.2, 0.25) is 5.89 Å². The van der Waals surface area contributed by atoms with Crippen molar-refractivity contribution in [1.29, 1.82) is 0 Å². The van der Waals surface area contributed by atoms with Crippen LogP contribution in [0, 0.1) is 13.8 Å². The Bertz CT molecular complexity index is 1160. The van der Waals surface area contributed by atoms with Crippen molar-refractivity contribution in [1.82, 2.24) is 10.3 Å². The topological polar surface area (TPSA) is 67.2 Å². The minimum atomic E-state index is -0.253. The molecule has 4 aromatic rings. The lowest BCUT2D eigenvalue weighted by atomic mass is 10.1. The fraction of sp³-hybridized carbons (Fsp3) is 0.0870. The van der Waals surface area contributed by atoms with Crippen LogP contribution in [0.5, 0.6) is 0 Å². The second kappa shape index (κ2) is 7.85. The molecule has 0 unspecified atom stereocenters. The second-order valence-electron chi connectivity index (χ2n) is 6.77. The van der Waals surface area contributed by atoms with Crippen molar-refractivity contribution < 1.29 is 9.21 Å². The number of nitrogens with one attached hydrogen (secondary N) is 2. The van der Waals surface area contributed by atoms with E-state index < -0.39 is 0 Å². The minimum absolute atomic E-state index is 0.236. The molecule has 1 heterocycles. The number of rotatable bonds is 3. The van der Waals surface area contributed by atoms with Crippen molar-refractivity contribution in [3.63, 3.8) is 0 Å². The van der Waals surface area contributed by atoms with Crippen molar-refractivity contribution in [3.05, 3.63) is 83.4 Å². The Morgan fingerprint density at radius 2 is 1.66 bits per heavy atom. The zero-order chi connectivity index (χ0) is 20.4. The molecule has 5 nitrogen and oxygen atoms in total. The molecule has 0 saturated heterocycles. The number of oxazole rings is 1. The first kappa shape index (κ1) is 18.8. The van der Waals surface area contributed by atoms with Gasteiger partial charge in [-0.2, -0.15) is 0 Å². The molecule has 0 aliphatic heterocycles. The smallest absolute Gasteiger partial charge is 0.257 e. The van der Waals surface area contributed by atoms with Crippen LogP contribution in [0.25, 0.3) is 22.6 Å². The first-order valence-corrected chi connectivity index (χ1v) is 9.56. The Balaban J connectivity index is 1.45. The Kier molecular flexibility index (Phi) is 5.10. The van der Waals surface area contributed by atoms with E-state index in [-0.39, 0.29) is 11.0 Å². The van der Waals surface area contributed by atoms with Gasteiger partial charge in [0, 0.05) is 16.8 Å². The Hall–Kier alpha value is -3.51. The Labute approximate surface area is 173 Å². The van der Waals surface area contributed by atoms with Crippen LogP contribution in [0.1, 0.15) is 21.5 Å². The summed E-state index contributed by atoms with van der Waals surface area (Å²) in [7, 11) is 0. The number of carbonyl (C=O) groups is 1. The van der Waals surface area contributed by atoms with Gasteiger partial charge in [-0.3, -0.25) is 10.1 Å². The lowest BCUT2D eigenvalue weighted by Crippen LogP contribution is -2.34. The number of thiocarbonyl (C=S) groups is 1. The molecule has 0 atom stereocenters. The van der Waals surface area contributed by atoms with Crippen LogP contribution in [0.4, 0.5) is 5.69 Å². The first-order chi connectivity index (χ1) is 14.0. The van der Waals surface area contributed by atoms with Crippen molar-refractivity contribution in [2.24, 2.45) is 0 Å². The lowest BCUT2D eigenvalue weighted by molar-refractivity contribution is 0.0977. The van der Waals surface area contributed by atoms with Gasteiger partial charge in [-0.25, -0.2) is 4.98 Å². The van der Waals surface area contributed by atoms with Gasteiger partial charge in [-0.05, 0) is 85.7 Å². The summed E-state index contributed by atoms with van der Waals surface area (Å²) in [4.78, 5) is 16.7. The highest BCUT2D eigenvalue weighted by Gasteiger charge is 2.11. The van der Waals surface area contributed by atoms with Gasteiger partial charge >= 0.3 is 0 Å². The van der Waals surface area contributed by atoms with Gasteiger partial charge in [0.1, 0.15) is 5.52 Å². The third kappa shape index (κ3) is 4.17. The molecule has 6 heteroatoms. The number of amides is 1. The maximum Gasteiger partial charge on any atom is 0.257 e. The van der Waals surface area contributed by atoms with Crippen molar-refractivity contribution in [2.45, 2.75) is 13.8 Å². The van der Waals surface area contributed by atoms with Crippen LogP contribution in [0.3, 0.4) is 0 Å². The summed E-state index contributed by atoms with van der Waals surface area (Å²) in [5, 5.41) is 5.92. The lowest BCUT2D eigenvalue weighted by Gasteiger charge is -2.09. The number of nitrogens with zero attached hydrogens (tertiary/aromatic N) is 1. The van der Waals surface area contributed by atoms with E-state index in [1.54, 1.807) is 24.3 Å². The highest BCUT2D eigenvalue weighted by molar-refractivity contribution is 7.80. The van der Waals surface area contributed by atoms with Gasteiger partial charge < -0.3 is 9.73 Å². The molecule has 0 fully saturated rings. The van der Waals surface area contributed by atoms with Crippen LogP contribution >= 0.6 is 12.2 Å². The minimum Gasteiger partial charge on any atom is -0.436 e. The number of aryl methyl sites for hydroxylation is 2. The van der Waals surface area contributed by atoms with Crippen LogP contribution in [-0.2, 0) is 0 Å². The van der Waals surface area contributed by atoms with E-state index in [0.717, 1.165) is 22.4 Å². The van der Waals surface area contributed by atoms with Gasteiger partial charge in [-0.1, -0.05) is 18.2 Å². The monoisotopic (exact) mass is 401 g/mol. The third-order valence-corrected chi connectivity index (χ3v) is 4.86. The SMILES string of the molecule is Cc1cc2nc(-c3ccc(NC(=S)NC(=O)c4ccccc4)cc3)oc2cc1C. The summed E-state index contributed by atoms with van der Waals surface area (Å²) < 4.78 is 5.90. The number of carbonyl (C=O) groups excluding carboxylic acids is 1. The summed E-state index contributed by atoms with van der Waals surface area (Å²) in [6, 6.07) is 20.5. The molecule has 144 valence electrons. The molecule has 3 aromatic carbocycles. The maximum atomic E-state index is 12.2. The predicted molar refractivity (Wildman–Crippen MR) is 119 cm³/mol. The van der Waals surface area contributed by atoms with E-state index in [1.807, 2.05) is 42.5 Å².